The molecule has 1 fully saturated rings. The van der Waals surface area contributed by atoms with Gasteiger partial charge in [0.1, 0.15) is 16.8 Å². The topological polar surface area (TPSA) is 55.3 Å². The van der Waals surface area contributed by atoms with Crippen LogP contribution in [0.4, 0.5) is 0 Å². The van der Waals surface area contributed by atoms with Crippen molar-refractivity contribution in [3.63, 3.8) is 0 Å². The van der Waals surface area contributed by atoms with E-state index in [1.165, 1.54) is 11.3 Å². The first kappa shape index (κ1) is 16.1. The fourth-order valence-corrected chi connectivity index (χ4v) is 3.44. The van der Waals surface area contributed by atoms with Crippen molar-refractivity contribution in [2.75, 3.05) is 13.1 Å². The molecule has 0 radical (unpaired) electrons. The highest BCUT2D eigenvalue weighted by molar-refractivity contribution is 7.13. The summed E-state index contributed by atoms with van der Waals surface area (Å²) in [6.45, 7) is 1.06. The van der Waals surface area contributed by atoms with Gasteiger partial charge in [-0.25, -0.2) is 9.97 Å². The lowest BCUT2D eigenvalue weighted by molar-refractivity contribution is 0.0156. The van der Waals surface area contributed by atoms with Gasteiger partial charge in [0.25, 0.3) is 5.91 Å². The summed E-state index contributed by atoms with van der Waals surface area (Å²) in [6.07, 6.45) is 1.49. The number of rotatable bonds is 4. The van der Waals surface area contributed by atoms with Gasteiger partial charge in [0.05, 0.1) is 18.1 Å². The van der Waals surface area contributed by atoms with Gasteiger partial charge >= 0.3 is 0 Å². The first-order chi connectivity index (χ1) is 12.2. The maximum Gasteiger partial charge on any atom is 0.273 e. The number of ether oxygens (including phenoxy) is 1. The minimum absolute atomic E-state index is 0.0511. The van der Waals surface area contributed by atoms with E-state index in [1.807, 2.05) is 30.3 Å². The zero-order valence-corrected chi connectivity index (χ0v) is 14.7. The second-order valence-corrected chi connectivity index (χ2v) is 6.96. The van der Waals surface area contributed by atoms with Crippen molar-refractivity contribution >= 4 is 28.8 Å². The molecular formula is C18H14ClN3O2S. The fourth-order valence-electron chi connectivity index (χ4n) is 2.53. The largest absolute Gasteiger partial charge is 0.471 e. The molecule has 1 aliphatic heterocycles. The molecule has 0 N–H and O–H groups in total. The molecule has 126 valence electrons. The second kappa shape index (κ2) is 6.82. The van der Waals surface area contributed by atoms with E-state index in [0.29, 0.717) is 29.7 Å². The number of carbonyl (C=O) groups is 1. The molecule has 25 heavy (non-hydrogen) atoms. The average Bonchev–Trinajstić information content (AvgIpc) is 3.10. The molecule has 0 bridgehead atoms. The van der Waals surface area contributed by atoms with Crippen LogP contribution in [0.25, 0.3) is 10.6 Å². The van der Waals surface area contributed by atoms with Crippen molar-refractivity contribution in [1.82, 2.24) is 14.9 Å². The minimum Gasteiger partial charge on any atom is -0.471 e. The summed E-state index contributed by atoms with van der Waals surface area (Å²) in [6, 6.07) is 13.3. The minimum atomic E-state index is -0.0673. The van der Waals surface area contributed by atoms with Gasteiger partial charge in [0.2, 0.25) is 5.88 Å². The maximum absolute atomic E-state index is 12.5. The predicted octanol–water partition coefficient (Wildman–Crippen LogP) is 3.76. The summed E-state index contributed by atoms with van der Waals surface area (Å²) >= 11 is 7.27. The van der Waals surface area contributed by atoms with E-state index >= 15 is 0 Å². The molecule has 0 saturated carbocycles. The molecule has 1 saturated heterocycles. The quantitative estimate of drug-likeness (QED) is 0.700. The molecule has 3 aromatic rings. The Hall–Kier alpha value is -2.44. The number of halogens is 1. The lowest BCUT2D eigenvalue weighted by Gasteiger charge is -2.38. The highest BCUT2D eigenvalue weighted by Crippen LogP contribution is 2.25. The number of aromatic nitrogens is 2. The number of likely N-dealkylation sites (tertiary alicyclic amines) is 1. The number of amides is 1. The smallest absolute Gasteiger partial charge is 0.273 e. The first-order valence-electron chi connectivity index (χ1n) is 7.77. The molecule has 1 aliphatic rings. The van der Waals surface area contributed by atoms with Crippen molar-refractivity contribution in [2.24, 2.45) is 0 Å². The molecule has 0 unspecified atom stereocenters. The van der Waals surface area contributed by atoms with Crippen molar-refractivity contribution < 1.29 is 9.53 Å². The normalized spacial score (nSPS) is 14.2. The average molecular weight is 372 g/mol. The summed E-state index contributed by atoms with van der Waals surface area (Å²) in [5.74, 6) is 0.448. The first-order valence-corrected chi connectivity index (χ1v) is 9.03. The number of hydrogen-bond donors (Lipinski definition) is 0. The van der Waals surface area contributed by atoms with Crippen LogP contribution in [0.5, 0.6) is 5.88 Å². The van der Waals surface area contributed by atoms with Gasteiger partial charge in [-0.05, 0) is 6.07 Å². The van der Waals surface area contributed by atoms with Crippen LogP contribution in [0.1, 0.15) is 10.5 Å². The number of hydrogen-bond acceptors (Lipinski definition) is 5. The zero-order valence-electron chi connectivity index (χ0n) is 13.1. The van der Waals surface area contributed by atoms with Gasteiger partial charge in [-0.15, -0.1) is 11.3 Å². The van der Waals surface area contributed by atoms with E-state index in [9.17, 15) is 4.79 Å². The fraction of sp³-hybridized carbons (Fsp3) is 0.167. The summed E-state index contributed by atoms with van der Waals surface area (Å²) in [7, 11) is 0. The third-order valence-corrected chi connectivity index (χ3v) is 4.98. The van der Waals surface area contributed by atoms with Gasteiger partial charge < -0.3 is 9.64 Å². The van der Waals surface area contributed by atoms with Crippen LogP contribution in [0.15, 0.2) is 54.0 Å². The third kappa shape index (κ3) is 3.50. The Morgan fingerprint density at radius 3 is 2.72 bits per heavy atom. The molecule has 7 heteroatoms. The van der Waals surface area contributed by atoms with Crippen LogP contribution in [0.3, 0.4) is 0 Å². The Kier molecular flexibility index (Phi) is 4.38. The Labute approximate surface area is 153 Å². The van der Waals surface area contributed by atoms with Crippen LogP contribution in [-0.2, 0) is 0 Å². The van der Waals surface area contributed by atoms with Crippen molar-refractivity contribution in [1.29, 1.82) is 0 Å². The number of pyridine rings is 1. The summed E-state index contributed by atoms with van der Waals surface area (Å²) in [4.78, 5) is 22.8. The van der Waals surface area contributed by atoms with Gasteiger partial charge in [-0.3, -0.25) is 4.79 Å². The third-order valence-electron chi connectivity index (χ3n) is 3.87. The molecule has 0 aliphatic carbocycles. The molecule has 1 amide bonds. The second-order valence-electron chi connectivity index (χ2n) is 5.67. The summed E-state index contributed by atoms with van der Waals surface area (Å²) in [5.41, 5.74) is 1.50. The van der Waals surface area contributed by atoms with E-state index in [4.69, 9.17) is 16.3 Å². The number of nitrogens with zero attached hydrogens (tertiary/aromatic N) is 3. The molecule has 3 heterocycles. The zero-order chi connectivity index (χ0) is 17.2. The van der Waals surface area contributed by atoms with Gasteiger partial charge in [0.15, 0.2) is 0 Å². The Morgan fingerprint density at radius 1 is 1.20 bits per heavy atom. The van der Waals surface area contributed by atoms with Crippen LogP contribution in [0, 0.1) is 0 Å². The molecule has 0 atom stereocenters. The summed E-state index contributed by atoms with van der Waals surface area (Å²) in [5, 5.41) is 3.22. The van der Waals surface area contributed by atoms with E-state index < -0.39 is 0 Å². The number of thiazole rings is 1. The van der Waals surface area contributed by atoms with Gasteiger partial charge in [-0.2, -0.15) is 0 Å². The molecule has 1 aromatic carbocycles. The Balaban J connectivity index is 1.36. The van der Waals surface area contributed by atoms with E-state index in [-0.39, 0.29) is 12.0 Å². The SMILES string of the molecule is O=C(c1csc(-c2ccccc2)n1)N1CC(Oc2ccc(Cl)cn2)C1. The van der Waals surface area contributed by atoms with Gasteiger partial charge in [0, 0.05) is 23.2 Å². The molecular weight excluding hydrogens is 358 g/mol. The van der Waals surface area contributed by atoms with E-state index in [0.717, 1.165) is 10.6 Å². The van der Waals surface area contributed by atoms with Crippen molar-refractivity contribution in [3.8, 4) is 16.5 Å². The summed E-state index contributed by atoms with van der Waals surface area (Å²) < 4.78 is 5.71. The number of carbonyl (C=O) groups excluding carboxylic acids is 1. The van der Waals surface area contributed by atoms with Gasteiger partial charge in [-0.1, -0.05) is 41.9 Å². The highest BCUT2D eigenvalue weighted by atomic mass is 35.5. The maximum atomic E-state index is 12.5. The van der Waals surface area contributed by atoms with Crippen LogP contribution in [0.2, 0.25) is 5.02 Å². The van der Waals surface area contributed by atoms with Crippen LogP contribution >= 0.6 is 22.9 Å². The molecule has 0 spiro atoms. The molecule has 2 aromatic heterocycles. The molecule has 4 rings (SSSR count). The lowest BCUT2D eigenvalue weighted by atomic mass is 10.1. The van der Waals surface area contributed by atoms with Crippen molar-refractivity contribution in [3.05, 3.63) is 64.8 Å². The predicted molar refractivity (Wildman–Crippen MR) is 97.1 cm³/mol. The number of benzene rings is 1. The highest BCUT2D eigenvalue weighted by Gasteiger charge is 2.34. The van der Waals surface area contributed by atoms with Crippen molar-refractivity contribution in [2.45, 2.75) is 6.10 Å². The lowest BCUT2D eigenvalue weighted by Crippen LogP contribution is -2.56. The van der Waals surface area contributed by atoms with Crippen LogP contribution < -0.4 is 4.74 Å². The Morgan fingerprint density at radius 2 is 2.00 bits per heavy atom. The Bertz CT molecular complexity index is 877. The van der Waals surface area contributed by atoms with E-state index in [2.05, 4.69) is 9.97 Å². The van der Waals surface area contributed by atoms with Crippen LogP contribution in [-0.4, -0.2) is 40.0 Å². The standard InChI is InChI=1S/C18H14ClN3O2S/c19-13-6-7-16(20-8-13)24-14-9-22(10-14)18(23)15-11-25-17(21-15)12-4-2-1-3-5-12/h1-8,11,14H,9-10H2. The van der Waals surface area contributed by atoms with E-state index in [1.54, 1.807) is 28.6 Å². The monoisotopic (exact) mass is 371 g/mol. The molecule has 5 nitrogen and oxygen atoms in total.